The van der Waals surface area contributed by atoms with Gasteiger partial charge in [-0.2, -0.15) is 0 Å². The highest BCUT2D eigenvalue weighted by molar-refractivity contribution is 6.23. The lowest BCUT2D eigenvalue weighted by Gasteiger charge is -2.38. The number of nitrogens with zero attached hydrogens (tertiary/aromatic N) is 2. The van der Waals surface area contributed by atoms with Crippen LogP contribution in [0.4, 0.5) is 10.5 Å². The number of para-hydroxylation sites is 1. The zero-order valence-corrected chi connectivity index (χ0v) is 14.5. The van der Waals surface area contributed by atoms with Crippen molar-refractivity contribution in [2.24, 2.45) is 5.41 Å². The SMILES string of the molecule is CN1CCC(C)(CNC(=O)N2C(=O)C3(CC3)c3ccccc32)CC1. The van der Waals surface area contributed by atoms with Crippen molar-refractivity contribution in [1.29, 1.82) is 0 Å². The monoisotopic (exact) mass is 327 g/mol. The van der Waals surface area contributed by atoms with E-state index in [0.29, 0.717) is 6.54 Å². The van der Waals surface area contributed by atoms with E-state index in [4.69, 9.17) is 0 Å². The van der Waals surface area contributed by atoms with E-state index in [1.807, 2.05) is 24.3 Å². The molecule has 1 N–H and O–H groups in total. The first kappa shape index (κ1) is 15.6. The quantitative estimate of drug-likeness (QED) is 0.908. The molecule has 1 aromatic carbocycles. The molecule has 2 heterocycles. The van der Waals surface area contributed by atoms with E-state index in [1.165, 1.54) is 4.90 Å². The van der Waals surface area contributed by atoms with Crippen LogP contribution in [0.1, 0.15) is 38.2 Å². The third-order valence-electron chi connectivity index (χ3n) is 6.09. The molecule has 0 unspecified atom stereocenters. The Bertz CT molecular complexity index is 688. The van der Waals surface area contributed by atoms with Crippen LogP contribution in [0.15, 0.2) is 24.3 Å². The smallest absolute Gasteiger partial charge is 0.328 e. The van der Waals surface area contributed by atoms with E-state index >= 15 is 0 Å². The maximum Gasteiger partial charge on any atom is 0.328 e. The third-order valence-corrected chi connectivity index (χ3v) is 6.09. The van der Waals surface area contributed by atoms with Gasteiger partial charge in [0.25, 0.3) is 0 Å². The van der Waals surface area contributed by atoms with Gasteiger partial charge in [0.2, 0.25) is 5.91 Å². The van der Waals surface area contributed by atoms with Gasteiger partial charge in [-0.3, -0.25) is 4.79 Å². The fraction of sp³-hybridized carbons (Fsp3) is 0.579. The molecule has 5 heteroatoms. The van der Waals surface area contributed by atoms with Gasteiger partial charge in [-0.25, -0.2) is 9.69 Å². The van der Waals surface area contributed by atoms with E-state index in [-0.39, 0.29) is 17.4 Å². The summed E-state index contributed by atoms with van der Waals surface area (Å²) in [6.45, 7) is 4.96. The van der Waals surface area contributed by atoms with Gasteiger partial charge >= 0.3 is 6.03 Å². The first-order chi connectivity index (χ1) is 11.5. The average Bonchev–Trinajstić information content (AvgIpc) is 3.34. The van der Waals surface area contributed by atoms with Gasteiger partial charge < -0.3 is 10.2 Å². The lowest BCUT2D eigenvalue weighted by Crippen LogP contribution is -2.49. The Labute approximate surface area is 143 Å². The molecule has 24 heavy (non-hydrogen) atoms. The first-order valence-electron chi connectivity index (χ1n) is 8.86. The molecule has 1 saturated carbocycles. The van der Waals surface area contributed by atoms with Crippen LogP contribution in [0.5, 0.6) is 0 Å². The van der Waals surface area contributed by atoms with Crippen molar-refractivity contribution in [3.8, 4) is 0 Å². The van der Waals surface area contributed by atoms with Gasteiger partial charge in [-0.05, 0) is 62.9 Å². The second-order valence-electron chi connectivity index (χ2n) is 8.01. The minimum atomic E-state index is -0.411. The van der Waals surface area contributed by atoms with Gasteiger partial charge in [0.15, 0.2) is 0 Å². The van der Waals surface area contributed by atoms with Gasteiger partial charge in [-0.1, -0.05) is 25.1 Å². The van der Waals surface area contributed by atoms with E-state index in [0.717, 1.165) is 50.0 Å². The van der Waals surface area contributed by atoms with Crippen molar-refractivity contribution in [3.05, 3.63) is 29.8 Å². The van der Waals surface area contributed by atoms with Crippen LogP contribution in [0.2, 0.25) is 0 Å². The van der Waals surface area contributed by atoms with Crippen molar-refractivity contribution in [2.75, 3.05) is 31.6 Å². The molecule has 0 atom stereocenters. The molecule has 1 aromatic rings. The molecule has 128 valence electrons. The maximum absolute atomic E-state index is 12.8. The average molecular weight is 327 g/mol. The summed E-state index contributed by atoms with van der Waals surface area (Å²) in [5, 5.41) is 3.03. The molecule has 1 spiro atoms. The second kappa shape index (κ2) is 5.31. The summed E-state index contributed by atoms with van der Waals surface area (Å²) < 4.78 is 0. The van der Waals surface area contributed by atoms with Crippen molar-refractivity contribution in [1.82, 2.24) is 10.2 Å². The molecule has 2 fully saturated rings. The molecule has 2 aliphatic heterocycles. The normalized spacial score (nSPS) is 24.1. The number of urea groups is 1. The Morgan fingerprint density at radius 1 is 1.17 bits per heavy atom. The molecule has 0 aromatic heterocycles. The molecule has 0 radical (unpaired) electrons. The first-order valence-corrected chi connectivity index (χ1v) is 8.86. The standard InChI is InChI=1S/C19H25N3O2/c1-18(9-11-21(2)12-10-18)13-20-17(24)22-15-6-4-3-5-14(15)19(7-8-19)16(22)23/h3-6H,7-13H2,1-2H3,(H,20,24). The predicted octanol–water partition coefficient (Wildman–Crippen LogP) is 2.51. The van der Waals surface area contributed by atoms with Crippen molar-refractivity contribution >= 4 is 17.6 Å². The Morgan fingerprint density at radius 3 is 2.50 bits per heavy atom. The highest BCUT2D eigenvalue weighted by Gasteiger charge is 2.60. The number of hydrogen-bond acceptors (Lipinski definition) is 3. The largest absolute Gasteiger partial charge is 0.337 e. The number of likely N-dealkylation sites (tertiary alicyclic amines) is 1. The summed E-state index contributed by atoms with van der Waals surface area (Å²) in [5.41, 5.74) is 1.49. The summed E-state index contributed by atoms with van der Waals surface area (Å²) in [4.78, 5) is 29.3. The number of carbonyl (C=O) groups is 2. The number of rotatable bonds is 2. The molecule has 0 bridgehead atoms. The minimum Gasteiger partial charge on any atom is -0.337 e. The molecule has 4 rings (SSSR count). The summed E-state index contributed by atoms with van der Waals surface area (Å²) in [6.07, 6.45) is 3.85. The van der Waals surface area contributed by atoms with E-state index < -0.39 is 5.41 Å². The summed E-state index contributed by atoms with van der Waals surface area (Å²) in [7, 11) is 2.13. The van der Waals surface area contributed by atoms with Crippen molar-refractivity contribution in [2.45, 2.75) is 38.0 Å². The number of anilines is 1. The molecule has 1 saturated heterocycles. The summed E-state index contributed by atoms with van der Waals surface area (Å²) in [6, 6.07) is 7.46. The lowest BCUT2D eigenvalue weighted by molar-refractivity contribution is -0.119. The number of piperidine rings is 1. The van der Waals surface area contributed by atoms with Crippen molar-refractivity contribution < 1.29 is 9.59 Å². The molecule has 1 aliphatic carbocycles. The highest BCUT2D eigenvalue weighted by atomic mass is 16.2. The Hall–Kier alpha value is -1.88. The Kier molecular flexibility index (Phi) is 3.46. The Balaban J connectivity index is 1.48. The molecular formula is C19H25N3O2. The zero-order chi connectivity index (χ0) is 16.9. The van der Waals surface area contributed by atoms with Crippen LogP contribution in [0, 0.1) is 5.41 Å². The van der Waals surface area contributed by atoms with Crippen LogP contribution in [-0.4, -0.2) is 43.5 Å². The van der Waals surface area contributed by atoms with Gasteiger partial charge in [0, 0.05) is 6.54 Å². The fourth-order valence-corrected chi connectivity index (χ4v) is 4.02. The number of hydrogen-bond donors (Lipinski definition) is 1. The van der Waals surface area contributed by atoms with E-state index in [9.17, 15) is 9.59 Å². The molecule has 5 nitrogen and oxygen atoms in total. The van der Waals surface area contributed by atoms with Gasteiger partial charge in [0.05, 0.1) is 11.1 Å². The van der Waals surface area contributed by atoms with Crippen molar-refractivity contribution in [3.63, 3.8) is 0 Å². The summed E-state index contributed by atoms with van der Waals surface area (Å²) in [5.74, 6) is -0.0465. The number of imide groups is 1. The number of benzene rings is 1. The molecule has 3 aliphatic rings. The number of amides is 3. The third kappa shape index (κ3) is 2.34. The zero-order valence-electron chi connectivity index (χ0n) is 14.5. The van der Waals surface area contributed by atoms with E-state index in [1.54, 1.807) is 0 Å². The fourth-order valence-electron chi connectivity index (χ4n) is 4.02. The van der Waals surface area contributed by atoms with Crippen LogP contribution < -0.4 is 10.2 Å². The van der Waals surface area contributed by atoms with Gasteiger partial charge in [0.1, 0.15) is 0 Å². The maximum atomic E-state index is 12.8. The van der Waals surface area contributed by atoms with Crippen LogP contribution in [0.25, 0.3) is 0 Å². The predicted molar refractivity (Wildman–Crippen MR) is 93.1 cm³/mol. The topological polar surface area (TPSA) is 52.7 Å². The second-order valence-corrected chi connectivity index (χ2v) is 8.01. The number of fused-ring (bicyclic) bond motifs is 2. The summed E-state index contributed by atoms with van der Waals surface area (Å²) >= 11 is 0. The van der Waals surface area contributed by atoms with Crippen LogP contribution in [0.3, 0.4) is 0 Å². The minimum absolute atomic E-state index is 0.0465. The Morgan fingerprint density at radius 2 is 1.83 bits per heavy atom. The lowest BCUT2D eigenvalue weighted by atomic mass is 9.80. The van der Waals surface area contributed by atoms with Crippen LogP contribution >= 0.6 is 0 Å². The highest BCUT2D eigenvalue weighted by Crippen LogP contribution is 2.57. The van der Waals surface area contributed by atoms with E-state index in [2.05, 4.69) is 24.2 Å². The molecular weight excluding hydrogens is 302 g/mol. The van der Waals surface area contributed by atoms with Crippen LogP contribution in [-0.2, 0) is 10.2 Å². The molecule has 3 amide bonds. The number of carbonyl (C=O) groups excluding carboxylic acids is 2. The van der Waals surface area contributed by atoms with Gasteiger partial charge in [-0.15, -0.1) is 0 Å². The number of nitrogens with one attached hydrogen (secondary N) is 1.